The van der Waals surface area contributed by atoms with E-state index in [-0.39, 0.29) is 28.7 Å². The molecule has 0 heterocycles. The Hall–Kier alpha value is -1.56. The number of nitrogens with one attached hydrogen (secondary N) is 2. The lowest BCUT2D eigenvalue weighted by Crippen LogP contribution is -2.33. The molecule has 2 rings (SSSR count). The molecule has 1 aromatic rings. The van der Waals surface area contributed by atoms with Gasteiger partial charge in [-0.3, -0.25) is 0 Å². The van der Waals surface area contributed by atoms with Gasteiger partial charge in [0.05, 0.1) is 11.3 Å². The number of aromatic carboxylic acids is 1. The van der Waals surface area contributed by atoms with E-state index in [0.29, 0.717) is 4.47 Å². The largest absolute Gasteiger partial charge is 0.478 e. The summed E-state index contributed by atoms with van der Waals surface area (Å²) in [7, 11) is 0. The van der Waals surface area contributed by atoms with Crippen LogP contribution in [-0.2, 0) is 0 Å². The number of carbonyl (C=O) groups is 2. The molecule has 102 valence electrons. The molecule has 1 aliphatic rings. The van der Waals surface area contributed by atoms with Gasteiger partial charge in [-0.05, 0) is 39.9 Å². The fourth-order valence-electron chi connectivity index (χ4n) is 1.85. The van der Waals surface area contributed by atoms with Crippen LogP contribution in [0.25, 0.3) is 0 Å². The zero-order valence-corrected chi connectivity index (χ0v) is 12.2. The third-order valence-corrected chi connectivity index (χ3v) is 3.96. The van der Waals surface area contributed by atoms with E-state index in [2.05, 4.69) is 40.4 Å². The highest BCUT2D eigenvalue weighted by molar-refractivity contribution is 9.10. The average Bonchev–Trinajstić information content (AvgIpc) is 2.88. The number of rotatable bonds is 3. The summed E-state index contributed by atoms with van der Waals surface area (Å²) in [6.07, 6.45) is 0.933. The number of carbonyl (C=O) groups excluding carboxylic acids is 1. The molecule has 5 nitrogen and oxygen atoms in total. The Morgan fingerprint density at radius 1 is 1.42 bits per heavy atom. The Balaban J connectivity index is 2.10. The second-order valence-electron chi connectivity index (χ2n) is 5.31. The number of anilines is 1. The molecule has 0 radical (unpaired) electrons. The molecule has 1 aliphatic carbocycles. The van der Waals surface area contributed by atoms with Gasteiger partial charge in [0.1, 0.15) is 0 Å². The van der Waals surface area contributed by atoms with Gasteiger partial charge in [-0.25, -0.2) is 9.59 Å². The van der Waals surface area contributed by atoms with Crippen molar-refractivity contribution in [1.29, 1.82) is 0 Å². The lowest BCUT2D eigenvalue weighted by Gasteiger charge is -2.12. The van der Waals surface area contributed by atoms with Crippen molar-refractivity contribution >= 4 is 33.6 Å². The number of carboxylic acid groups (broad SMARTS) is 1. The maximum absolute atomic E-state index is 11.8. The molecule has 3 N–H and O–H groups in total. The third-order valence-electron chi connectivity index (χ3n) is 3.30. The molecule has 0 aromatic heterocycles. The zero-order chi connectivity index (χ0) is 14.2. The maximum atomic E-state index is 11.8. The molecule has 1 saturated carbocycles. The fraction of sp³-hybridized carbons (Fsp3) is 0.385. The van der Waals surface area contributed by atoms with Crippen molar-refractivity contribution in [3.05, 3.63) is 28.2 Å². The highest BCUT2D eigenvalue weighted by Gasteiger charge is 2.46. The average molecular weight is 327 g/mol. The number of halogens is 1. The Morgan fingerprint density at radius 3 is 2.58 bits per heavy atom. The van der Waals surface area contributed by atoms with Crippen molar-refractivity contribution in [3.8, 4) is 0 Å². The second-order valence-corrected chi connectivity index (χ2v) is 6.17. The number of amides is 2. The second kappa shape index (κ2) is 4.85. The molecule has 2 amide bonds. The van der Waals surface area contributed by atoms with Crippen LogP contribution in [0, 0.1) is 5.41 Å². The molecule has 0 saturated heterocycles. The summed E-state index contributed by atoms with van der Waals surface area (Å²) in [5, 5.41) is 14.5. The lowest BCUT2D eigenvalue weighted by atomic mass is 10.2. The highest BCUT2D eigenvalue weighted by Crippen LogP contribution is 2.44. The van der Waals surface area contributed by atoms with Crippen molar-refractivity contribution in [2.24, 2.45) is 5.41 Å². The van der Waals surface area contributed by atoms with Crippen LogP contribution < -0.4 is 10.6 Å². The number of carboxylic acids is 1. The van der Waals surface area contributed by atoms with E-state index in [1.807, 2.05) is 0 Å². The van der Waals surface area contributed by atoms with Crippen LogP contribution in [0.15, 0.2) is 22.7 Å². The summed E-state index contributed by atoms with van der Waals surface area (Å²) >= 11 is 3.24. The molecular formula is C13H15BrN2O3. The van der Waals surface area contributed by atoms with Gasteiger partial charge >= 0.3 is 12.0 Å². The molecule has 1 aromatic carbocycles. The lowest BCUT2D eigenvalue weighted by molar-refractivity contribution is 0.0698. The minimum absolute atomic E-state index is 0.0552. The van der Waals surface area contributed by atoms with Gasteiger partial charge in [-0.15, -0.1) is 0 Å². The SMILES string of the molecule is CC1(C)CC1NC(=O)Nc1c(Br)cccc1C(=O)O. The Kier molecular flexibility index (Phi) is 3.54. The predicted octanol–water partition coefficient (Wildman–Crippen LogP) is 3.07. The molecular weight excluding hydrogens is 312 g/mol. The van der Waals surface area contributed by atoms with Crippen LogP contribution in [0.1, 0.15) is 30.6 Å². The van der Waals surface area contributed by atoms with Crippen molar-refractivity contribution in [1.82, 2.24) is 5.32 Å². The Bertz CT molecular complexity index is 543. The number of hydrogen-bond acceptors (Lipinski definition) is 2. The van der Waals surface area contributed by atoms with Gasteiger partial charge in [-0.2, -0.15) is 0 Å². The molecule has 1 fully saturated rings. The van der Waals surface area contributed by atoms with Crippen molar-refractivity contribution < 1.29 is 14.7 Å². The van der Waals surface area contributed by atoms with Gasteiger partial charge in [0.2, 0.25) is 0 Å². The van der Waals surface area contributed by atoms with Gasteiger partial charge in [-0.1, -0.05) is 19.9 Å². The third kappa shape index (κ3) is 3.07. The quantitative estimate of drug-likeness (QED) is 0.798. The van der Waals surface area contributed by atoms with Crippen LogP contribution in [0.4, 0.5) is 10.5 Å². The minimum Gasteiger partial charge on any atom is -0.478 e. The van der Waals surface area contributed by atoms with E-state index in [0.717, 1.165) is 6.42 Å². The molecule has 1 unspecified atom stereocenters. The van der Waals surface area contributed by atoms with Gasteiger partial charge in [0, 0.05) is 10.5 Å². The van der Waals surface area contributed by atoms with Gasteiger partial charge < -0.3 is 15.7 Å². The number of benzene rings is 1. The van der Waals surface area contributed by atoms with Crippen LogP contribution in [0.3, 0.4) is 0 Å². The standard InChI is InChI=1S/C13H15BrN2O3/c1-13(2)6-9(13)15-12(19)16-10-7(11(17)18)4-3-5-8(10)14/h3-5,9H,6H2,1-2H3,(H,17,18)(H2,15,16,19). The van der Waals surface area contributed by atoms with Crippen molar-refractivity contribution in [2.75, 3.05) is 5.32 Å². The summed E-state index contributed by atoms with van der Waals surface area (Å²) in [4.78, 5) is 22.9. The van der Waals surface area contributed by atoms with E-state index in [9.17, 15) is 9.59 Å². The zero-order valence-electron chi connectivity index (χ0n) is 10.7. The van der Waals surface area contributed by atoms with Gasteiger partial charge in [0.25, 0.3) is 0 Å². The van der Waals surface area contributed by atoms with Crippen molar-refractivity contribution in [3.63, 3.8) is 0 Å². The summed E-state index contributed by atoms with van der Waals surface area (Å²) in [6.45, 7) is 4.14. The first-order chi connectivity index (χ1) is 8.81. The van der Waals surface area contributed by atoms with Crippen LogP contribution in [0.5, 0.6) is 0 Å². The van der Waals surface area contributed by atoms with E-state index >= 15 is 0 Å². The summed E-state index contributed by atoms with van der Waals surface area (Å²) in [6, 6.07) is 4.50. The van der Waals surface area contributed by atoms with E-state index in [1.165, 1.54) is 6.07 Å². The number of para-hydroxylation sites is 1. The molecule has 6 heteroatoms. The van der Waals surface area contributed by atoms with E-state index in [1.54, 1.807) is 12.1 Å². The summed E-state index contributed by atoms with van der Waals surface area (Å²) < 4.78 is 0.539. The molecule has 0 aliphatic heterocycles. The first kappa shape index (κ1) is 13.9. The number of urea groups is 1. The summed E-state index contributed by atoms with van der Waals surface area (Å²) in [5.41, 5.74) is 0.450. The predicted molar refractivity (Wildman–Crippen MR) is 75.4 cm³/mol. The minimum atomic E-state index is -1.08. The van der Waals surface area contributed by atoms with Crippen LogP contribution in [-0.4, -0.2) is 23.1 Å². The van der Waals surface area contributed by atoms with E-state index in [4.69, 9.17) is 5.11 Å². The highest BCUT2D eigenvalue weighted by atomic mass is 79.9. The number of hydrogen-bond donors (Lipinski definition) is 3. The molecule has 0 spiro atoms. The molecule has 0 bridgehead atoms. The Morgan fingerprint density at radius 2 is 2.05 bits per heavy atom. The topological polar surface area (TPSA) is 78.4 Å². The monoisotopic (exact) mass is 326 g/mol. The Labute approximate surface area is 119 Å². The fourth-order valence-corrected chi connectivity index (χ4v) is 2.32. The molecule has 19 heavy (non-hydrogen) atoms. The smallest absolute Gasteiger partial charge is 0.337 e. The summed E-state index contributed by atoms with van der Waals surface area (Å²) in [5.74, 6) is -1.08. The van der Waals surface area contributed by atoms with Crippen molar-refractivity contribution in [2.45, 2.75) is 26.3 Å². The molecule has 1 atom stereocenters. The van der Waals surface area contributed by atoms with Crippen LogP contribution >= 0.6 is 15.9 Å². The normalized spacial score (nSPS) is 19.6. The first-order valence-corrected chi connectivity index (χ1v) is 6.70. The van der Waals surface area contributed by atoms with E-state index < -0.39 is 5.97 Å². The maximum Gasteiger partial charge on any atom is 0.337 e. The van der Waals surface area contributed by atoms with Crippen LogP contribution in [0.2, 0.25) is 0 Å². The first-order valence-electron chi connectivity index (χ1n) is 5.90. The van der Waals surface area contributed by atoms with Gasteiger partial charge in [0.15, 0.2) is 0 Å².